The van der Waals surface area contributed by atoms with E-state index in [-0.39, 0.29) is 22.0 Å². The van der Waals surface area contributed by atoms with Crippen LogP contribution in [0.1, 0.15) is 41.4 Å². The number of carbonyl (C=O) groups excluding carboxylic acids is 2. The van der Waals surface area contributed by atoms with Crippen molar-refractivity contribution in [1.29, 1.82) is 0 Å². The highest BCUT2D eigenvalue weighted by atomic mass is 32.1. The molecule has 2 N–H and O–H groups in total. The van der Waals surface area contributed by atoms with E-state index in [0.29, 0.717) is 17.0 Å². The molecule has 1 aromatic heterocycles. The Morgan fingerprint density at radius 1 is 1.12 bits per heavy atom. The first-order chi connectivity index (χ1) is 16.4. The molecule has 3 aromatic rings. The van der Waals surface area contributed by atoms with Crippen LogP contribution in [0.15, 0.2) is 70.7 Å². The lowest BCUT2D eigenvalue weighted by atomic mass is 10.1. The number of hydrogen-bond acceptors (Lipinski definition) is 5. The number of nitrogens with one attached hydrogen (secondary N) is 1. The number of anilines is 1. The molecule has 2 aromatic carbocycles. The third-order valence-corrected chi connectivity index (χ3v) is 5.71. The number of unbranched alkanes of at least 4 members (excludes halogenated alkanes) is 1. The van der Waals surface area contributed by atoms with Gasteiger partial charge in [-0.25, -0.2) is 4.79 Å². The molecule has 7 nitrogen and oxygen atoms in total. The van der Waals surface area contributed by atoms with E-state index in [9.17, 15) is 19.5 Å². The van der Waals surface area contributed by atoms with E-state index < -0.39 is 17.8 Å². The fourth-order valence-corrected chi connectivity index (χ4v) is 3.90. The van der Waals surface area contributed by atoms with Crippen LogP contribution in [0.4, 0.5) is 5.69 Å². The second kappa shape index (κ2) is 9.84. The first-order valence-electron chi connectivity index (χ1n) is 10.8. The summed E-state index contributed by atoms with van der Waals surface area (Å²) in [6, 6.07) is 17.1. The summed E-state index contributed by atoms with van der Waals surface area (Å²) in [7, 11) is 0. The normalized spacial score (nSPS) is 15.0. The smallest absolute Gasteiger partial charge is 0.335 e. The maximum Gasteiger partial charge on any atom is 0.335 e. The maximum absolute atomic E-state index is 13.2. The summed E-state index contributed by atoms with van der Waals surface area (Å²) in [6.45, 7) is 2.13. The Hall–Kier alpha value is -4.04. The van der Waals surface area contributed by atoms with Crippen molar-refractivity contribution in [2.75, 3.05) is 4.90 Å². The van der Waals surface area contributed by atoms with Crippen LogP contribution >= 0.6 is 12.2 Å². The van der Waals surface area contributed by atoms with Gasteiger partial charge in [-0.15, -0.1) is 0 Å². The average Bonchev–Trinajstić information content (AvgIpc) is 3.30. The summed E-state index contributed by atoms with van der Waals surface area (Å²) in [5.74, 6) is -1.53. The van der Waals surface area contributed by atoms with Crippen LogP contribution in [0.5, 0.6) is 0 Å². The molecule has 1 fully saturated rings. The molecule has 1 aliphatic rings. The van der Waals surface area contributed by atoms with E-state index in [0.717, 1.165) is 24.8 Å². The number of aromatic carboxylic acids is 1. The Morgan fingerprint density at radius 2 is 1.88 bits per heavy atom. The third-order valence-electron chi connectivity index (χ3n) is 5.42. The van der Waals surface area contributed by atoms with E-state index in [1.54, 1.807) is 24.3 Å². The molecule has 0 atom stereocenters. The van der Waals surface area contributed by atoms with Crippen LogP contribution < -0.4 is 10.2 Å². The van der Waals surface area contributed by atoms with Gasteiger partial charge in [0, 0.05) is 5.56 Å². The van der Waals surface area contributed by atoms with Gasteiger partial charge in [-0.2, -0.15) is 0 Å². The highest BCUT2D eigenvalue weighted by molar-refractivity contribution is 7.80. The molecule has 8 heteroatoms. The van der Waals surface area contributed by atoms with Crippen LogP contribution in [-0.4, -0.2) is 28.0 Å². The van der Waals surface area contributed by atoms with Crippen LogP contribution in [0, 0.1) is 0 Å². The number of aryl methyl sites for hydroxylation is 1. The van der Waals surface area contributed by atoms with E-state index in [4.69, 9.17) is 16.6 Å². The van der Waals surface area contributed by atoms with Crippen LogP contribution in [-0.2, 0) is 16.0 Å². The average molecular weight is 475 g/mol. The summed E-state index contributed by atoms with van der Waals surface area (Å²) in [5.41, 5.74) is 2.29. The number of benzene rings is 2. The van der Waals surface area contributed by atoms with Gasteiger partial charge in [-0.1, -0.05) is 37.6 Å². The zero-order valence-corrected chi connectivity index (χ0v) is 19.2. The molecule has 2 heterocycles. The lowest BCUT2D eigenvalue weighted by Gasteiger charge is -2.28. The predicted molar refractivity (Wildman–Crippen MR) is 132 cm³/mol. The van der Waals surface area contributed by atoms with Gasteiger partial charge in [0.1, 0.15) is 17.1 Å². The van der Waals surface area contributed by atoms with Gasteiger partial charge >= 0.3 is 5.97 Å². The van der Waals surface area contributed by atoms with E-state index in [1.807, 2.05) is 24.3 Å². The first kappa shape index (κ1) is 23.1. The largest absolute Gasteiger partial charge is 0.478 e. The predicted octanol–water partition coefficient (Wildman–Crippen LogP) is 4.82. The molecule has 0 unspecified atom stereocenters. The van der Waals surface area contributed by atoms with Crippen molar-refractivity contribution in [3.8, 4) is 11.3 Å². The molecule has 1 aliphatic heterocycles. The zero-order valence-electron chi connectivity index (χ0n) is 18.4. The van der Waals surface area contributed by atoms with Crippen molar-refractivity contribution >= 4 is 46.9 Å². The lowest BCUT2D eigenvalue weighted by Crippen LogP contribution is -2.54. The molecule has 4 rings (SSSR count). The molecule has 1 saturated heterocycles. The van der Waals surface area contributed by atoms with Crippen LogP contribution in [0.3, 0.4) is 0 Å². The standard InChI is InChI=1S/C26H22N2O5S/c1-2-3-5-16-8-10-19(11-9-16)28-24(30)21(23(29)27-26(28)34)15-20-12-13-22(33-20)17-6-4-7-18(14-17)25(31)32/h4,6-15H,2-3,5H2,1H3,(H,31,32)(H,27,29,34)/b21-15-. The monoisotopic (exact) mass is 474 g/mol. The fraction of sp³-hybridized carbons (Fsp3) is 0.154. The molecule has 0 spiro atoms. The quantitative estimate of drug-likeness (QED) is 0.289. The maximum atomic E-state index is 13.2. The lowest BCUT2D eigenvalue weighted by molar-refractivity contribution is -0.122. The Bertz CT molecular complexity index is 1310. The molecule has 172 valence electrons. The zero-order chi connectivity index (χ0) is 24.2. The van der Waals surface area contributed by atoms with Crippen molar-refractivity contribution in [2.45, 2.75) is 26.2 Å². The van der Waals surface area contributed by atoms with Crippen molar-refractivity contribution in [3.63, 3.8) is 0 Å². The molecular weight excluding hydrogens is 452 g/mol. The number of carboxylic acid groups (broad SMARTS) is 1. The summed E-state index contributed by atoms with van der Waals surface area (Å²) in [5, 5.41) is 11.8. The second-order valence-electron chi connectivity index (χ2n) is 7.82. The number of hydrogen-bond donors (Lipinski definition) is 2. The van der Waals surface area contributed by atoms with Crippen molar-refractivity contribution in [3.05, 3.63) is 83.1 Å². The minimum Gasteiger partial charge on any atom is -0.478 e. The topological polar surface area (TPSA) is 99.8 Å². The number of nitrogens with zero attached hydrogens (tertiary/aromatic N) is 1. The number of amides is 2. The Labute approximate surface area is 201 Å². The minimum absolute atomic E-state index is 0.0130. The highest BCUT2D eigenvalue weighted by Gasteiger charge is 2.34. The molecule has 0 saturated carbocycles. The molecule has 0 aliphatic carbocycles. The van der Waals surface area contributed by atoms with Gasteiger partial charge in [0.25, 0.3) is 11.8 Å². The number of furan rings is 1. The van der Waals surface area contributed by atoms with Crippen molar-refractivity contribution in [2.24, 2.45) is 0 Å². The summed E-state index contributed by atoms with van der Waals surface area (Å²) < 4.78 is 5.77. The SMILES string of the molecule is CCCCc1ccc(N2C(=O)/C(=C\c3ccc(-c4cccc(C(=O)O)c4)o3)C(=O)NC2=S)cc1. The molecule has 0 radical (unpaired) electrons. The summed E-state index contributed by atoms with van der Waals surface area (Å²) in [4.78, 5) is 38.3. The second-order valence-corrected chi connectivity index (χ2v) is 8.20. The van der Waals surface area contributed by atoms with Crippen LogP contribution in [0.2, 0.25) is 0 Å². The Kier molecular flexibility index (Phi) is 6.70. The van der Waals surface area contributed by atoms with E-state index in [1.165, 1.54) is 23.1 Å². The van der Waals surface area contributed by atoms with Gasteiger partial charge in [0.2, 0.25) is 0 Å². The number of carbonyl (C=O) groups is 3. The van der Waals surface area contributed by atoms with Crippen molar-refractivity contribution < 1.29 is 23.9 Å². The minimum atomic E-state index is -1.05. The number of thiocarbonyl (C=S) groups is 1. The molecule has 34 heavy (non-hydrogen) atoms. The summed E-state index contributed by atoms with van der Waals surface area (Å²) >= 11 is 5.26. The van der Waals surface area contributed by atoms with Crippen LogP contribution in [0.25, 0.3) is 17.4 Å². The first-order valence-corrected chi connectivity index (χ1v) is 11.2. The highest BCUT2D eigenvalue weighted by Crippen LogP contribution is 2.27. The molecule has 0 bridgehead atoms. The van der Waals surface area contributed by atoms with Gasteiger partial charge in [0.05, 0.1) is 11.3 Å². The Morgan fingerprint density at radius 3 is 2.59 bits per heavy atom. The third kappa shape index (κ3) is 4.82. The number of carboxylic acids is 1. The van der Waals surface area contributed by atoms with Gasteiger partial charge in [-0.3, -0.25) is 19.8 Å². The molecular formula is C26H22N2O5S. The van der Waals surface area contributed by atoms with Gasteiger partial charge < -0.3 is 9.52 Å². The van der Waals surface area contributed by atoms with Crippen molar-refractivity contribution in [1.82, 2.24) is 5.32 Å². The molecule has 2 amide bonds. The van der Waals surface area contributed by atoms with E-state index >= 15 is 0 Å². The summed E-state index contributed by atoms with van der Waals surface area (Å²) in [6.07, 6.45) is 4.48. The van der Waals surface area contributed by atoms with Gasteiger partial charge in [-0.05, 0) is 73.1 Å². The fourth-order valence-electron chi connectivity index (χ4n) is 3.62. The van der Waals surface area contributed by atoms with Gasteiger partial charge in [0.15, 0.2) is 5.11 Å². The van der Waals surface area contributed by atoms with E-state index in [2.05, 4.69) is 12.2 Å². The Balaban J connectivity index is 1.60. The number of rotatable bonds is 7.